The largest absolute Gasteiger partial charge is 0.207 e. The van der Waals surface area contributed by atoms with Gasteiger partial charge < -0.3 is 0 Å². The van der Waals surface area contributed by atoms with Crippen molar-refractivity contribution in [2.45, 2.75) is 33.1 Å². The molecule has 2 heteroatoms. The summed E-state index contributed by atoms with van der Waals surface area (Å²) in [6.45, 7) is 3.51. The lowest BCUT2D eigenvalue weighted by Crippen LogP contribution is -1.93. The van der Waals surface area contributed by atoms with Crippen molar-refractivity contribution in [3.8, 4) is 0 Å². The Balaban J connectivity index is 2.86. The summed E-state index contributed by atoms with van der Waals surface area (Å²) in [6, 6.07) is 2.85. The SMILES string of the molecule is CCCCc1cc(F)c(C)c(F)c1. The summed E-state index contributed by atoms with van der Waals surface area (Å²) >= 11 is 0. The van der Waals surface area contributed by atoms with Gasteiger partial charge in [-0.05, 0) is 37.5 Å². The molecule has 0 atom stereocenters. The predicted octanol–water partition coefficient (Wildman–Crippen LogP) is 3.62. The van der Waals surface area contributed by atoms with Crippen molar-refractivity contribution in [2.24, 2.45) is 0 Å². The molecule has 0 heterocycles. The first-order valence-corrected chi connectivity index (χ1v) is 4.59. The van der Waals surface area contributed by atoms with E-state index in [1.165, 1.54) is 19.1 Å². The van der Waals surface area contributed by atoms with Gasteiger partial charge in [-0.15, -0.1) is 0 Å². The summed E-state index contributed by atoms with van der Waals surface area (Å²) < 4.78 is 26.1. The average molecular weight is 184 g/mol. The minimum Gasteiger partial charge on any atom is -0.207 e. The molecule has 0 bridgehead atoms. The minimum atomic E-state index is -0.439. The first-order chi connectivity index (χ1) is 6.15. The summed E-state index contributed by atoms with van der Waals surface area (Å²) in [5.41, 5.74) is 0.864. The molecule has 0 saturated carbocycles. The van der Waals surface area contributed by atoms with Crippen LogP contribution in [0.5, 0.6) is 0 Å². The number of hydrogen-bond donors (Lipinski definition) is 0. The highest BCUT2D eigenvalue weighted by atomic mass is 19.1. The van der Waals surface area contributed by atoms with Crippen LogP contribution in [0.4, 0.5) is 8.78 Å². The Bertz CT molecular complexity index is 269. The van der Waals surface area contributed by atoms with Crippen LogP contribution in [0.1, 0.15) is 30.9 Å². The lowest BCUT2D eigenvalue weighted by molar-refractivity contribution is 0.563. The van der Waals surface area contributed by atoms with Crippen LogP contribution in [0, 0.1) is 18.6 Å². The first-order valence-electron chi connectivity index (χ1n) is 4.59. The maximum Gasteiger partial charge on any atom is 0.129 e. The monoisotopic (exact) mass is 184 g/mol. The van der Waals surface area contributed by atoms with E-state index in [0.29, 0.717) is 0 Å². The topological polar surface area (TPSA) is 0 Å². The van der Waals surface area contributed by atoms with Gasteiger partial charge in [-0.1, -0.05) is 13.3 Å². The maximum atomic E-state index is 13.0. The second kappa shape index (κ2) is 4.35. The highest BCUT2D eigenvalue weighted by molar-refractivity contribution is 5.25. The standard InChI is InChI=1S/C11H14F2/c1-3-4-5-9-6-10(12)8(2)11(13)7-9/h6-7H,3-5H2,1-2H3. The third-order valence-corrected chi connectivity index (χ3v) is 2.16. The van der Waals surface area contributed by atoms with Crippen molar-refractivity contribution in [2.75, 3.05) is 0 Å². The summed E-state index contributed by atoms with van der Waals surface area (Å²) in [7, 11) is 0. The van der Waals surface area contributed by atoms with E-state index in [1.807, 2.05) is 0 Å². The average Bonchev–Trinajstić information content (AvgIpc) is 2.10. The lowest BCUT2D eigenvalue weighted by Gasteiger charge is -2.03. The fraction of sp³-hybridized carbons (Fsp3) is 0.455. The van der Waals surface area contributed by atoms with E-state index in [1.54, 1.807) is 0 Å². The van der Waals surface area contributed by atoms with Gasteiger partial charge in [0.2, 0.25) is 0 Å². The zero-order valence-corrected chi connectivity index (χ0v) is 8.03. The molecule has 0 N–H and O–H groups in total. The molecular weight excluding hydrogens is 170 g/mol. The molecule has 1 aromatic carbocycles. The second-order valence-corrected chi connectivity index (χ2v) is 3.29. The van der Waals surface area contributed by atoms with Crippen molar-refractivity contribution >= 4 is 0 Å². The van der Waals surface area contributed by atoms with Crippen molar-refractivity contribution in [3.63, 3.8) is 0 Å². The fourth-order valence-electron chi connectivity index (χ4n) is 1.22. The number of rotatable bonds is 3. The van der Waals surface area contributed by atoms with Crippen molar-refractivity contribution in [1.82, 2.24) is 0 Å². The molecule has 0 radical (unpaired) electrons. The number of unbranched alkanes of at least 4 members (excludes halogenated alkanes) is 1. The first kappa shape index (κ1) is 10.2. The second-order valence-electron chi connectivity index (χ2n) is 3.29. The molecule has 1 aromatic rings. The third-order valence-electron chi connectivity index (χ3n) is 2.16. The van der Waals surface area contributed by atoms with Gasteiger partial charge in [-0.2, -0.15) is 0 Å². The molecule has 0 aliphatic carbocycles. The van der Waals surface area contributed by atoms with Crippen molar-refractivity contribution < 1.29 is 8.78 Å². The Morgan fingerprint density at radius 3 is 2.15 bits per heavy atom. The zero-order valence-electron chi connectivity index (χ0n) is 8.03. The maximum absolute atomic E-state index is 13.0. The van der Waals surface area contributed by atoms with Gasteiger partial charge in [0.1, 0.15) is 11.6 Å². The number of benzene rings is 1. The molecule has 0 aliphatic heterocycles. The van der Waals surface area contributed by atoms with Gasteiger partial charge in [-0.3, -0.25) is 0 Å². The van der Waals surface area contributed by atoms with Crippen LogP contribution in [0.25, 0.3) is 0 Å². The van der Waals surface area contributed by atoms with Crippen LogP contribution in [0.15, 0.2) is 12.1 Å². The van der Waals surface area contributed by atoms with Crippen LogP contribution in [-0.4, -0.2) is 0 Å². The molecule has 72 valence electrons. The molecule has 0 aromatic heterocycles. The summed E-state index contributed by atoms with van der Waals surface area (Å²) in [5, 5.41) is 0. The van der Waals surface area contributed by atoms with Crippen molar-refractivity contribution in [1.29, 1.82) is 0 Å². The zero-order chi connectivity index (χ0) is 9.84. The van der Waals surface area contributed by atoms with Gasteiger partial charge in [0.25, 0.3) is 0 Å². The van der Waals surface area contributed by atoms with Gasteiger partial charge in [0, 0.05) is 5.56 Å². The molecule has 0 aliphatic rings. The van der Waals surface area contributed by atoms with Gasteiger partial charge in [0.05, 0.1) is 0 Å². The van der Waals surface area contributed by atoms with E-state index >= 15 is 0 Å². The number of hydrogen-bond acceptors (Lipinski definition) is 0. The van der Waals surface area contributed by atoms with E-state index in [9.17, 15) is 8.78 Å². The van der Waals surface area contributed by atoms with Gasteiger partial charge in [0.15, 0.2) is 0 Å². The molecule has 0 saturated heterocycles. The molecule has 1 rings (SSSR count). The highest BCUT2D eigenvalue weighted by Crippen LogP contribution is 2.15. The molecule has 0 fully saturated rings. The molecule has 0 unspecified atom stereocenters. The van der Waals surface area contributed by atoms with Gasteiger partial charge >= 0.3 is 0 Å². The Morgan fingerprint density at radius 1 is 1.15 bits per heavy atom. The minimum absolute atomic E-state index is 0.111. The van der Waals surface area contributed by atoms with E-state index in [2.05, 4.69) is 6.92 Å². The van der Waals surface area contributed by atoms with Gasteiger partial charge in [-0.25, -0.2) is 8.78 Å². The Hall–Kier alpha value is -0.920. The van der Waals surface area contributed by atoms with E-state index in [4.69, 9.17) is 0 Å². The highest BCUT2D eigenvalue weighted by Gasteiger charge is 2.05. The Labute approximate surface area is 77.6 Å². The smallest absolute Gasteiger partial charge is 0.129 e. The Kier molecular flexibility index (Phi) is 3.40. The molecule has 0 amide bonds. The van der Waals surface area contributed by atoms with Crippen LogP contribution in [0.2, 0.25) is 0 Å². The quantitative estimate of drug-likeness (QED) is 0.673. The van der Waals surface area contributed by atoms with Crippen LogP contribution >= 0.6 is 0 Å². The fourth-order valence-corrected chi connectivity index (χ4v) is 1.22. The Morgan fingerprint density at radius 2 is 1.69 bits per heavy atom. The van der Waals surface area contributed by atoms with E-state index in [-0.39, 0.29) is 5.56 Å². The lowest BCUT2D eigenvalue weighted by atomic mass is 10.1. The number of aryl methyl sites for hydroxylation is 1. The van der Waals surface area contributed by atoms with Crippen LogP contribution in [0.3, 0.4) is 0 Å². The van der Waals surface area contributed by atoms with Crippen LogP contribution < -0.4 is 0 Å². The number of halogens is 2. The summed E-state index contributed by atoms with van der Waals surface area (Å²) in [5.74, 6) is -0.878. The van der Waals surface area contributed by atoms with Crippen molar-refractivity contribution in [3.05, 3.63) is 34.9 Å². The van der Waals surface area contributed by atoms with E-state index in [0.717, 1.165) is 24.8 Å². The van der Waals surface area contributed by atoms with Crippen LogP contribution in [-0.2, 0) is 6.42 Å². The predicted molar refractivity (Wildman–Crippen MR) is 49.7 cm³/mol. The summed E-state index contributed by atoms with van der Waals surface area (Å²) in [6.07, 6.45) is 2.77. The third kappa shape index (κ3) is 2.51. The van der Waals surface area contributed by atoms with E-state index < -0.39 is 11.6 Å². The normalized spacial score (nSPS) is 10.5. The summed E-state index contributed by atoms with van der Waals surface area (Å²) in [4.78, 5) is 0. The molecule has 0 nitrogen and oxygen atoms in total. The molecular formula is C11H14F2. The molecule has 0 spiro atoms. The molecule has 13 heavy (non-hydrogen) atoms.